The maximum atomic E-state index is 2.44. The summed E-state index contributed by atoms with van der Waals surface area (Å²) in [6.45, 7) is 22.2. The monoisotopic (exact) mass is 924 g/mol. The predicted octanol–water partition coefficient (Wildman–Crippen LogP) is 19.9. The fourth-order valence-corrected chi connectivity index (χ4v) is 18.0. The van der Waals surface area contributed by atoms with Gasteiger partial charge in [0.1, 0.15) is 0 Å². The van der Waals surface area contributed by atoms with Crippen molar-refractivity contribution >= 4 is 131 Å². The Bertz CT molecular complexity index is 3220. The Labute approximate surface area is 384 Å². The quantitative estimate of drug-likeness (QED) is 0.161. The minimum absolute atomic E-state index is 1.30. The van der Waals surface area contributed by atoms with Crippen LogP contribution >= 0.6 is 90.7 Å². The third-order valence-corrected chi connectivity index (χ3v) is 21.2. The Morgan fingerprint density at radius 3 is 1.15 bits per heavy atom. The summed E-state index contributed by atoms with van der Waals surface area (Å²) < 4.78 is 5.62. The molecule has 0 saturated carbocycles. The van der Waals surface area contributed by atoms with Crippen LogP contribution in [0.15, 0.2) is 84.9 Å². The summed E-state index contributed by atoms with van der Waals surface area (Å²) in [5.41, 5.74) is 11.0. The molecule has 3 aromatic carbocycles. The van der Waals surface area contributed by atoms with Crippen molar-refractivity contribution in [3.05, 3.63) is 138 Å². The average Bonchev–Trinajstić information content (AvgIpc) is 4.06. The first-order valence-corrected chi connectivity index (χ1v) is 26.6. The molecule has 0 bridgehead atoms. The topological polar surface area (TPSA) is 0 Å². The van der Waals surface area contributed by atoms with Crippen LogP contribution in [-0.2, 0) is 0 Å². The van der Waals surface area contributed by atoms with E-state index in [0.29, 0.717) is 0 Å². The fraction of sp³-hybridized carbons (Fsp3) is 0.192. The fourth-order valence-electron chi connectivity index (χ4n) is 8.55. The van der Waals surface area contributed by atoms with Crippen LogP contribution in [0.5, 0.6) is 0 Å². The molecule has 0 saturated heterocycles. The van der Waals surface area contributed by atoms with E-state index in [1.807, 2.05) is 90.7 Å². The van der Waals surface area contributed by atoms with Gasteiger partial charge in [0.05, 0.1) is 0 Å². The molecule has 11 aromatic rings. The second-order valence-corrected chi connectivity index (χ2v) is 25.5. The first kappa shape index (κ1) is 40.4. The zero-order chi connectivity index (χ0) is 41.7. The average molecular weight is 925 g/mol. The number of aryl methyl sites for hydroxylation is 10. The summed E-state index contributed by atoms with van der Waals surface area (Å²) in [5, 5.41) is 5.54. The van der Waals surface area contributed by atoms with E-state index in [4.69, 9.17) is 0 Å². The van der Waals surface area contributed by atoms with E-state index in [0.717, 1.165) is 0 Å². The van der Waals surface area contributed by atoms with Gasteiger partial charge in [-0.3, -0.25) is 0 Å². The molecule has 8 aromatic heterocycles. The Balaban J connectivity index is 0.000000147. The van der Waals surface area contributed by atoms with Crippen molar-refractivity contribution in [2.24, 2.45) is 0 Å². The van der Waals surface area contributed by atoms with Gasteiger partial charge in [0.2, 0.25) is 0 Å². The van der Waals surface area contributed by atoms with E-state index < -0.39 is 0 Å². The van der Waals surface area contributed by atoms with Crippen molar-refractivity contribution in [1.29, 1.82) is 0 Å². The van der Waals surface area contributed by atoms with Crippen LogP contribution in [0.25, 0.3) is 90.5 Å². The lowest BCUT2D eigenvalue weighted by Gasteiger charge is -2.07. The summed E-state index contributed by atoms with van der Waals surface area (Å²) in [4.78, 5) is 16.8. The van der Waals surface area contributed by atoms with Crippen molar-refractivity contribution in [3.63, 3.8) is 0 Å². The van der Waals surface area contributed by atoms with Crippen LogP contribution in [0, 0.1) is 69.2 Å². The van der Waals surface area contributed by atoms with Crippen molar-refractivity contribution in [2.45, 2.75) is 69.2 Å². The highest BCUT2D eigenvalue weighted by atomic mass is 32.1. The maximum absolute atomic E-state index is 2.44. The molecule has 8 heterocycles. The summed E-state index contributed by atoms with van der Waals surface area (Å²) in [5.74, 6) is 0. The smallest absolute Gasteiger partial charge is 0.0475 e. The van der Waals surface area contributed by atoms with Crippen molar-refractivity contribution < 1.29 is 0 Å². The van der Waals surface area contributed by atoms with Gasteiger partial charge in [0.15, 0.2) is 0 Å². The largest absolute Gasteiger partial charge is 0.139 e. The second-order valence-electron chi connectivity index (χ2n) is 16.2. The Kier molecular flexibility index (Phi) is 10.5. The van der Waals surface area contributed by atoms with Crippen LogP contribution in [0.2, 0.25) is 0 Å². The van der Waals surface area contributed by atoms with Gasteiger partial charge in [-0.25, -0.2) is 0 Å². The molecular formula is C52H44S8. The molecule has 0 unspecified atom stereocenters. The molecule has 0 aliphatic carbocycles. The molecule has 8 heteroatoms. The molecule has 60 heavy (non-hydrogen) atoms. The van der Waals surface area contributed by atoms with Gasteiger partial charge in [0, 0.05) is 88.3 Å². The minimum Gasteiger partial charge on any atom is -0.139 e. The van der Waals surface area contributed by atoms with Crippen molar-refractivity contribution in [1.82, 2.24) is 0 Å². The van der Waals surface area contributed by atoms with Gasteiger partial charge >= 0.3 is 0 Å². The van der Waals surface area contributed by atoms with Crippen LogP contribution < -0.4 is 0 Å². The Morgan fingerprint density at radius 2 is 0.717 bits per heavy atom. The van der Waals surface area contributed by atoms with E-state index in [1.54, 1.807) is 0 Å². The van der Waals surface area contributed by atoms with Gasteiger partial charge in [-0.15, -0.1) is 90.7 Å². The van der Waals surface area contributed by atoms with E-state index in [2.05, 4.69) is 154 Å². The zero-order valence-electron chi connectivity index (χ0n) is 35.3. The van der Waals surface area contributed by atoms with Crippen molar-refractivity contribution in [3.8, 4) is 50.1 Å². The van der Waals surface area contributed by atoms with Gasteiger partial charge in [-0.05, 0) is 179 Å². The number of benzene rings is 3. The molecule has 0 amide bonds. The lowest BCUT2D eigenvalue weighted by molar-refractivity contribution is 1.48. The Hall–Kier alpha value is -3.70. The molecule has 0 aliphatic rings. The van der Waals surface area contributed by atoms with E-state index in [1.165, 1.54) is 143 Å². The van der Waals surface area contributed by atoms with E-state index >= 15 is 0 Å². The van der Waals surface area contributed by atoms with Gasteiger partial charge < -0.3 is 0 Å². The van der Waals surface area contributed by atoms with E-state index in [-0.39, 0.29) is 0 Å². The highest BCUT2D eigenvalue weighted by Gasteiger charge is 2.20. The number of fused-ring (bicyclic) bond motifs is 4. The first-order valence-electron chi connectivity index (χ1n) is 20.1. The molecule has 300 valence electrons. The molecule has 0 nitrogen and oxygen atoms in total. The molecule has 0 fully saturated rings. The second kappa shape index (κ2) is 15.6. The van der Waals surface area contributed by atoms with E-state index in [9.17, 15) is 0 Å². The molecule has 0 aliphatic heterocycles. The third kappa shape index (κ3) is 7.21. The molecule has 0 N–H and O–H groups in total. The summed E-state index contributed by atoms with van der Waals surface area (Å²) >= 11 is 15.4. The van der Waals surface area contributed by atoms with Crippen LogP contribution in [0.3, 0.4) is 0 Å². The minimum atomic E-state index is 1.30. The number of hydrogen-bond donors (Lipinski definition) is 0. The molecular weight excluding hydrogens is 881 g/mol. The predicted molar refractivity (Wildman–Crippen MR) is 280 cm³/mol. The summed E-state index contributed by atoms with van der Waals surface area (Å²) in [6.07, 6.45) is 0. The lowest BCUT2D eigenvalue weighted by atomic mass is 9.99. The zero-order valence-corrected chi connectivity index (χ0v) is 41.9. The normalized spacial score (nSPS) is 11.8. The van der Waals surface area contributed by atoms with Gasteiger partial charge in [-0.1, -0.05) is 29.8 Å². The first-order chi connectivity index (χ1) is 28.8. The summed E-state index contributed by atoms with van der Waals surface area (Å²) in [7, 11) is 0. The highest BCUT2D eigenvalue weighted by Crippen LogP contribution is 2.50. The molecule has 0 atom stereocenters. The van der Waals surface area contributed by atoms with Crippen LogP contribution in [0.1, 0.15) is 52.9 Å². The third-order valence-electron chi connectivity index (χ3n) is 11.3. The van der Waals surface area contributed by atoms with Crippen LogP contribution in [-0.4, -0.2) is 0 Å². The number of rotatable bonds is 5. The number of thiophene rings is 8. The van der Waals surface area contributed by atoms with Gasteiger partial charge in [0.25, 0.3) is 0 Å². The summed E-state index contributed by atoms with van der Waals surface area (Å²) in [6, 6.07) is 32.7. The molecule has 0 radical (unpaired) electrons. The van der Waals surface area contributed by atoms with Gasteiger partial charge in [-0.2, -0.15) is 0 Å². The molecule has 11 rings (SSSR count). The SMILES string of the molecule is Cc1cc(C)c(-c2cc3c(C)c4sc(-c5sc(C)cc5C)cc4cc3s2)s1.Cc1ccc(-c2c3cc(-c4sc(C)cc4C)sc3cc3cc(-c4sc(C)cc4C)sc23)cc1. The Morgan fingerprint density at radius 1 is 0.333 bits per heavy atom. The van der Waals surface area contributed by atoms with Crippen molar-refractivity contribution in [2.75, 3.05) is 0 Å². The molecule has 0 spiro atoms. The lowest BCUT2D eigenvalue weighted by Crippen LogP contribution is -1.80. The number of hydrogen-bond acceptors (Lipinski definition) is 8. The maximum Gasteiger partial charge on any atom is 0.0475 e. The van der Waals surface area contributed by atoms with Crippen LogP contribution in [0.4, 0.5) is 0 Å². The standard InChI is InChI=1S/C29H24S4.C23H20S4/c1-15-6-8-20(9-7-15)26-22-14-25(28-17(3)11-19(5)31-28)32-23(22)12-21-13-24(33-29(21)26)27-16(2)10-18(4)30-27;1-11-6-13(3)24-21(11)19-9-16-8-18-17(15(5)23(16)27-19)10-20(26-18)22-12(2)7-14(4)25-22/h6-14H,1-5H3;6-10H,1-5H3. The highest BCUT2D eigenvalue weighted by molar-refractivity contribution is 7.29.